The van der Waals surface area contributed by atoms with Crippen molar-refractivity contribution in [3.8, 4) is 11.5 Å². The van der Waals surface area contributed by atoms with E-state index in [1.165, 1.54) is 24.0 Å². The molecule has 1 heterocycles. The third-order valence-electron chi connectivity index (χ3n) is 10.1. The summed E-state index contributed by atoms with van der Waals surface area (Å²) in [6.07, 6.45) is 8.43. The lowest BCUT2D eigenvalue weighted by atomic mass is 9.35. The van der Waals surface area contributed by atoms with Crippen molar-refractivity contribution in [2.45, 2.75) is 101 Å². The summed E-state index contributed by atoms with van der Waals surface area (Å²) in [5.74, 6) is 1.73. The van der Waals surface area contributed by atoms with E-state index in [1.54, 1.807) is 7.11 Å². The molecule has 1 aromatic carbocycles. The van der Waals surface area contributed by atoms with E-state index in [-0.39, 0.29) is 28.6 Å². The Balaban J connectivity index is 1.60. The van der Waals surface area contributed by atoms with Crippen molar-refractivity contribution >= 4 is 0 Å². The Kier molecular flexibility index (Phi) is 4.41. The zero-order valence-electron chi connectivity index (χ0n) is 20.0. The van der Waals surface area contributed by atoms with Gasteiger partial charge in [0.05, 0.1) is 5.60 Å². The van der Waals surface area contributed by atoms with Gasteiger partial charge in [-0.25, -0.2) is 0 Å². The van der Waals surface area contributed by atoms with E-state index in [9.17, 15) is 10.2 Å². The molecular weight excluding hydrogens is 402 g/mol. The fourth-order valence-electron chi connectivity index (χ4n) is 8.76. The number of phenolic OH excluding ortho intramolecular Hbond substituents is 1. The maximum absolute atomic E-state index is 11.4. The molecule has 0 radical (unpaired) electrons. The normalized spacial score (nSPS) is 41.5. The summed E-state index contributed by atoms with van der Waals surface area (Å²) in [4.78, 5) is 0. The van der Waals surface area contributed by atoms with Gasteiger partial charge in [0.25, 0.3) is 0 Å². The maximum atomic E-state index is 11.4. The number of fused-ring (bicyclic) bond motifs is 2. The van der Waals surface area contributed by atoms with E-state index in [1.807, 2.05) is 19.9 Å². The number of nitrogens with one attached hydrogen (secondary N) is 1. The van der Waals surface area contributed by atoms with Crippen LogP contribution in [-0.2, 0) is 16.6 Å². The Morgan fingerprint density at radius 3 is 2.69 bits per heavy atom. The fourth-order valence-corrected chi connectivity index (χ4v) is 8.76. The molecule has 3 N–H and O–H groups in total. The van der Waals surface area contributed by atoms with Crippen molar-refractivity contribution in [1.82, 2.24) is 5.32 Å². The Morgan fingerprint density at radius 2 is 2.03 bits per heavy atom. The van der Waals surface area contributed by atoms with E-state index in [0.29, 0.717) is 11.8 Å². The first-order chi connectivity index (χ1) is 15.2. The highest BCUT2D eigenvalue weighted by Crippen LogP contribution is 2.76. The van der Waals surface area contributed by atoms with E-state index in [2.05, 4.69) is 18.3 Å². The third-order valence-corrected chi connectivity index (χ3v) is 10.1. The molecule has 32 heavy (non-hydrogen) atoms. The van der Waals surface area contributed by atoms with Crippen LogP contribution in [0.5, 0.6) is 11.5 Å². The SMILES string of the molecule is CCC[C@]12c3c4ccc(O)c3OC1[C@@]1(OC)CC[C@@]2(C[C@@H]1C(C)(C)O)C(NCC1CC1)C4. The summed E-state index contributed by atoms with van der Waals surface area (Å²) in [6, 6.07) is 4.30. The zero-order chi connectivity index (χ0) is 22.5. The van der Waals surface area contributed by atoms with Gasteiger partial charge in [0, 0.05) is 35.5 Å². The van der Waals surface area contributed by atoms with Crippen LogP contribution in [0.2, 0.25) is 0 Å². The number of ether oxygens (including phenoxy) is 2. The van der Waals surface area contributed by atoms with Crippen LogP contribution in [0.25, 0.3) is 0 Å². The molecule has 5 nitrogen and oxygen atoms in total. The van der Waals surface area contributed by atoms with Crippen molar-refractivity contribution in [3.05, 3.63) is 23.3 Å². The Labute approximate surface area is 191 Å². The number of aliphatic hydroxyl groups is 1. The average molecular weight is 442 g/mol. The van der Waals surface area contributed by atoms with Crippen molar-refractivity contribution < 1.29 is 19.7 Å². The van der Waals surface area contributed by atoms with Crippen LogP contribution in [0, 0.1) is 17.3 Å². The summed E-state index contributed by atoms with van der Waals surface area (Å²) in [5, 5.41) is 26.3. The van der Waals surface area contributed by atoms with E-state index < -0.39 is 11.2 Å². The molecule has 7 rings (SSSR count). The molecule has 5 heteroatoms. The molecule has 2 unspecified atom stereocenters. The van der Waals surface area contributed by atoms with E-state index >= 15 is 0 Å². The Morgan fingerprint density at radius 1 is 1.25 bits per heavy atom. The minimum absolute atomic E-state index is 0.0143. The van der Waals surface area contributed by atoms with Gasteiger partial charge in [-0.15, -0.1) is 0 Å². The highest BCUT2D eigenvalue weighted by atomic mass is 16.6. The molecule has 2 bridgehead atoms. The Hall–Kier alpha value is -1.30. The number of methoxy groups -OCH3 is 1. The van der Waals surface area contributed by atoms with Crippen molar-refractivity contribution in [2.75, 3.05) is 13.7 Å². The van der Waals surface area contributed by atoms with Gasteiger partial charge < -0.3 is 25.0 Å². The van der Waals surface area contributed by atoms with Crippen LogP contribution in [0.4, 0.5) is 0 Å². The molecule has 1 spiro atoms. The zero-order valence-corrected chi connectivity index (χ0v) is 20.0. The molecule has 5 aliphatic carbocycles. The molecule has 0 amide bonds. The maximum Gasteiger partial charge on any atom is 0.165 e. The quantitative estimate of drug-likeness (QED) is 0.595. The largest absolute Gasteiger partial charge is 0.504 e. The van der Waals surface area contributed by atoms with Crippen LogP contribution in [0.1, 0.15) is 76.8 Å². The molecule has 0 aromatic heterocycles. The van der Waals surface area contributed by atoms with E-state index in [0.717, 1.165) is 51.0 Å². The number of aromatic hydroxyl groups is 1. The molecule has 4 saturated carbocycles. The monoisotopic (exact) mass is 441 g/mol. The summed E-state index contributed by atoms with van der Waals surface area (Å²) >= 11 is 0. The highest BCUT2D eigenvalue weighted by Gasteiger charge is 2.80. The number of hydrogen-bond acceptors (Lipinski definition) is 5. The predicted octanol–water partition coefficient (Wildman–Crippen LogP) is 4.07. The predicted molar refractivity (Wildman–Crippen MR) is 123 cm³/mol. The van der Waals surface area contributed by atoms with Gasteiger partial charge in [-0.05, 0) is 82.9 Å². The topological polar surface area (TPSA) is 71.0 Å². The van der Waals surface area contributed by atoms with Gasteiger partial charge in [0.2, 0.25) is 0 Å². The van der Waals surface area contributed by atoms with Crippen molar-refractivity contribution in [3.63, 3.8) is 0 Å². The van der Waals surface area contributed by atoms with Crippen LogP contribution < -0.4 is 10.1 Å². The van der Waals surface area contributed by atoms with Crippen LogP contribution in [0.15, 0.2) is 12.1 Å². The van der Waals surface area contributed by atoms with Crippen molar-refractivity contribution in [2.24, 2.45) is 17.3 Å². The molecule has 6 aliphatic rings. The first kappa shape index (κ1) is 21.2. The molecule has 1 aromatic rings. The first-order valence-electron chi connectivity index (χ1n) is 12.8. The van der Waals surface area contributed by atoms with E-state index in [4.69, 9.17) is 9.47 Å². The smallest absolute Gasteiger partial charge is 0.165 e. The van der Waals surface area contributed by atoms with Gasteiger partial charge in [0.1, 0.15) is 11.7 Å². The second kappa shape index (κ2) is 6.64. The second-order valence-electron chi connectivity index (χ2n) is 12.0. The fraction of sp³-hybridized carbons (Fsp3) is 0.778. The van der Waals surface area contributed by atoms with Crippen LogP contribution in [-0.4, -0.2) is 47.2 Å². The second-order valence-corrected chi connectivity index (χ2v) is 12.0. The summed E-state index contributed by atoms with van der Waals surface area (Å²) < 4.78 is 13.2. The van der Waals surface area contributed by atoms with Crippen molar-refractivity contribution in [1.29, 1.82) is 0 Å². The summed E-state index contributed by atoms with van der Waals surface area (Å²) in [5.41, 5.74) is 0.940. The van der Waals surface area contributed by atoms with Crippen LogP contribution >= 0.6 is 0 Å². The third kappa shape index (κ3) is 2.40. The minimum Gasteiger partial charge on any atom is -0.504 e. The molecule has 4 fully saturated rings. The van der Waals surface area contributed by atoms with Crippen LogP contribution in [0.3, 0.4) is 0 Å². The molecule has 176 valence electrons. The number of hydrogen-bond donors (Lipinski definition) is 3. The van der Waals surface area contributed by atoms with Gasteiger partial charge in [-0.3, -0.25) is 0 Å². The summed E-state index contributed by atoms with van der Waals surface area (Å²) in [6.45, 7) is 7.24. The first-order valence-corrected chi connectivity index (χ1v) is 12.8. The van der Waals surface area contributed by atoms with Gasteiger partial charge >= 0.3 is 0 Å². The Bertz CT molecular complexity index is 936. The number of benzene rings is 1. The lowest BCUT2D eigenvalue weighted by Crippen LogP contribution is -2.80. The molecule has 0 saturated heterocycles. The highest BCUT2D eigenvalue weighted by molar-refractivity contribution is 5.62. The molecule has 1 aliphatic heterocycles. The minimum atomic E-state index is -0.872. The van der Waals surface area contributed by atoms with Gasteiger partial charge in [0.15, 0.2) is 11.5 Å². The number of rotatable bonds is 7. The molecule has 6 atom stereocenters. The molecular formula is C27H39NO4. The average Bonchev–Trinajstić information content (AvgIpc) is 3.51. The standard InChI is InChI=1S/C27H39NO4/c1-5-10-26-21-17-8-9-18(29)22(21)32-23(26)27(31-4)12-11-25(26,14-19(27)24(2,3)30)20(13-17)28-15-16-6-7-16/h8-9,16,19-20,23,28-30H,5-7,10-15H2,1-4H3/t19-,20?,23?,25-,26+,27-/m1/s1. The van der Waals surface area contributed by atoms with Gasteiger partial charge in [-0.2, -0.15) is 0 Å². The lowest BCUT2D eigenvalue weighted by Gasteiger charge is -2.72. The number of phenols is 1. The summed E-state index contributed by atoms with van der Waals surface area (Å²) in [7, 11) is 1.80. The van der Waals surface area contributed by atoms with Gasteiger partial charge in [-0.1, -0.05) is 19.4 Å². The lowest BCUT2D eigenvalue weighted by molar-refractivity contribution is -0.284.